The summed E-state index contributed by atoms with van der Waals surface area (Å²) in [5, 5.41) is 2.48. The van der Waals surface area contributed by atoms with Crippen molar-refractivity contribution in [2.75, 3.05) is 13.1 Å². The van der Waals surface area contributed by atoms with Gasteiger partial charge in [-0.1, -0.05) is 6.07 Å². The number of carbonyl (C=O) groups excluding carboxylic acids is 2. The molecule has 34 heavy (non-hydrogen) atoms. The van der Waals surface area contributed by atoms with Gasteiger partial charge in [-0.15, -0.1) is 0 Å². The summed E-state index contributed by atoms with van der Waals surface area (Å²) in [5.74, 6) is -4.04. The highest BCUT2D eigenvalue weighted by atomic mass is 19.4. The number of benzene rings is 1. The molecule has 2 atom stereocenters. The van der Waals surface area contributed by atoms with E-state index in [1.54, 1.807) is 6.07 Å². The van der Waals surface area contributed by atoms with E-state index in [0.717, 1.165) is 12.1 Å². The molecule has 1 N–H and O–H groups in total. The lowest BCUT2D eigenvalue weighted by molar-refractivity contribution is -0.227. The van der Waals surface area contributed by atoms with Gasteiger partial charge in [0.1, 0.15) is 0 Å². The zero-order valence-corrected chi connectivity index (χ0v) is 16.9. The Morgan fingerprint density at radius 2 is 2.03 bits per heavy atom. The van der Waals surface area contributed by atoms with Crippen LogP contribution in [0.5, 0.6) is 5.75 Å². The van der Waals surface area contributed by atoms with Gasteiger partial charge in [-0.2, -0.15) is 22.0 Å². The molecule has 4 rings (SSSR count). The molecule has 0 saturated carbocycles. The molecule has 8 nitrogen and oxygen atoms in total. The van der Waals surface area contributed by atoms with Crippen molar-refractivity contribution in [3.8, 4) is 16.9 Å². The minimum Gasteiger partial charge on any atom is -0.435 e. The van der Waals surface area contributed by atoms with Crippen LogP contribution in [-0.4, -0.2) is 59.7 Å². The first-order chi connectivity index (χ1) is 16.0. The monoisotopic (exact) mass is 491 g/mol. The first-order valence-electron chi connectivity index (χ1n) is 9.65. The zero-order chi connectivity index (χ0) is 24.7. The van der Waals surface area contributed by atoms with Crippen LogP contribution in [0.15, 0.2) is 36.7 Å². The van der Waals surface area contributed by atoms with Crippen molar-refractivity contribution in [1.29, 1.82) is 0 Å². The highest BCUT2D eigenvalue weighted by molar-refractivity contribution is 5.76. The van der Waals surface area contributed by atoms with Gasteiger partial charge in [-0.05, 0) is 29.3 Å². The second kappa shape index (κ2) is 8.66. The number of esters is 1. The highest BCUT2D eigenvalue weighted by Crippen LogP contribution is 2.35. The minimum absolute atomic E-state index is 0.0220. The van der Waals surface area contributed by atoms with Gasteiger partial charge in [0.2, 0.25) is 0 Å². The molecule has 1 aromatic heterocycles. The van der Waals surface area contributed by atoms with Crippen LogP contribution < -0.4 is 10.1 Å². The molecular formula is C20H15F6N3O5. The highest BCUT2D eigenvalue weighted by Gasteiger charge is 2.60. The first kappa shape index (κ1) is 23.6. The van der Waals surface area contributed by atoms with E-state index in [-0.39, 0.29) is 19.6 Å². The predicted octanol–water partition coefficient (Wildman–Crippen LogP) is 3.21. The van der Waals surface area contributed by atoms with Gasteiger partial charge in [0, 0.05) is 24.5 Å². The van der Waals surface area contributed by atoms with Gasteiger partial charge >= 0.3 is 24.9 Å². The van der Waals surface area contributed by atoms with E-state index in [0.29, 0.717) is 16.7 Å². The normalized spacial score (nSPS) is 22.0. The molecule has 3 heterocycles. The van der Waals surface area contributed by atoms with Crippen LogP contribution in [0.3, 0.4) is 0 Å². The van der Waals surface area contributed by atoms with E-state index in [9.17, 15) is 35.9 Å². The summed E-state index contributed by atoms with van der Waals surface area (Å²) in [7, 11) is 0. The Bertz CT molecular complexity index is 1110. The Labute approximate surface area is 187 Å². The summed E-state index contributed by atoms with van der Waals surface area (Å²) < 4.78 is 89.8. The maximum absolute atomic E-state index is 13.7. The van der Waals surface area contributed by atoms with Crippen LogP contribution >= 0.6 is 0 Å². The van der Waals surface area contributed by atoms with Crippen LogP contribution in [0.25, 0.3) is 11.1 Å². The standard InChI is InChI=1S/C20H15F6N3O5/c21-13-2-1-11(4-14(13)32-17(22)23)12-3-10(5-27-6-12)7-29-9-19(34-18(29)31)8-28-15(19)33-16(30)20(24,25)26/h1-6,15,17,28H,7-9H2. The Kier molecular flexibility index (Phi) is 6.02. The molecule has 2 aliphatic rings. The van der Waals surface area contributed by atoms with Crippen molar-refractivity contribution in [1.82, 2.24) is 15.2 Å². The number of amides is 1. The van der Waals surface area contributed by atoms with Crippen LogP contribution in [0.1, 0.15) is 5.56 Å². The fourth-order valence-electron chi connectivity index (χ4n) is 3.56. The van der Waals surface area contributed by atoms with E-state index < -0.39 is 48.2 Å². The third-order valence-corrected chi connectivity index (χ3v) is 5.18. The van der Waals surface area contributed by atoms with Gasteiger partial charge < -0.3 is 14.2 Å². The molecule has 0 aliphatic carbocycles. The summed E-state index contributed by atoms with van der Waals surface area (Å²) in [6.07, 6.45) is -4.72. The van der Waals surface area contributed by atoms with Crippen molar-refractivity contribution >= 4 is 12.1 Å². The van der Waals surface area contributed by atoms with Crippen molar-refractivity contribution < 1.29 is 50.1 Å². The van der Waals surface area contributed by atoms with Gasteiger partial charge in [-0.3, -0.25) is 15.2 Å². The molecule has 2 saturated heterocycles. The van der Waals surface area contributed by atoms with Crippen molar-refractivity contribution in [2.45, 2.75) is 31.2 Å². The number of pyridine rings is 1. The summed E-state index contributed by atoms with van der Waals surface area (Å²) in [5.41, 5.74) is -0.291. The maximum Gasteiger partial charge on any atom is 0.490 e. The minimum atomic E-state index is -5.20. The molecule has 2 aromatic rings. The Morgan fingerprint density at radius 3 is 2.68 bits per heavy atom. The second-order valence-corrected chi connectivity index (χ2v) is 7.56. The Balaban J connectivity index is 1.47. The lowest BCUT2D eigenvalue weighted by Gasteiger charge is -2.43. The molecular weight excluding hydrogens is 476 g/mol. The molecule has 14 heteroatoms. The fraction of sp³-hybridized carbons (Fsp3) is 0.350. The number of hydrogen-bond donors (Lipinski definition) is 1. The maximum atomic E-state index is 13.7. The summed E-state index contributed by atoms with van der Waals surface area (Å²) in [6.45, 7) is -3.47. The quantitative estimate of drug-likeness (QED) is 0.490. The number of halogens is 6. The van der Waals surface area contributed by atoms with Crippen LogP contribution in [0, 0.1) is 5.82 Å². The number of carbonyl (C=O) groups is 2. The lowest BCUT2D eigenvalue weighted by Crippen LogP contribution is -2.71. The number of aromatic nitrogens is 1. The molecule has 0 radical (unpaired) electrons. The van der Waals surface area contributed by atoms with Crippen LogP contribution in [-0.2, 0) is 20.8 Å². The topological polar surface area (TPSA) is 90.0 Å². The number of nitrogens with one attached hydrogen (secondary N) is 1. The number of hydrogen-bond acceptors (Lipinski definition) is 7. The molecule has 1 aromatic carbocycles. The zero-order valence-electron chi connectivity index (χ0n) is 16.9. The van der Waals surface area contributed by atoms with Gasteiger partial charge in [0.15, 0.2) is 23.4 Å². The second-order valence-electron chi connectivity index (χ2n) is 7.56. The summed E-state index contributed by atoms with van der Waals surface area (Å²) >= 11 is 0. The van der Waals surface area contributed by atoms with E-state index in [1.807, 2.05) is 0 Å². The SMILES string of the molecule is O=C1OC2(CNC2OC(=O)C(F)(F)F)CN1Cc1cncc(-c2ccc(F)c(OC(F)F)c2)c1. The smallest absolute Gasteiger partial charge is 0.435 e. The third kappa shape index (κ3) is 4.71. The van der Waals surface area contributed by atoms with Gasteiger partial charge in [0.25, 0.3) is 0 Å². The van der Waals surface area contributed by atoms with Crippen LogP contribution in [0.2, 0.25) is 0 Å². The molecule has 2 unspecified atom stereocenters. The molecule has 2 aliphatic heterocycles. The average Bonchev–Trinajstić information content (AvgIpc) is 3.10. The molecule has 1 amide bonds. The largest absolute Gasteiger partial charge is 0.490 e. The summed E-state index contributed by atoms with van der Waals surface area (Å²) in [4.78, 5) is 28.6. The lowest BCUT2D eigenvalue weighted by atomic mass is 9.94. The van der Waals surface area contributed by atoms with E-state index in [2.05, 4.69) is 19.8 Å². The molecule has 1 spiro atoms. The van der Waals surface area contributed by atoms with Crippen molar-refractivity contribution in [2.24, 2.45) is 0 Å². The van der Waals surface area contributed by atoms with E-state index in [1.165, 1.54) is 23.4 Å². The predicted molar refractivity (Wildman–Crippen MR) is 99.8 cm³/mol. The number of rotatable bonds is 6. The van der Waals surface area contributed by atoms with Gasteiger partial charge in [-0.25, -0.2) is 14.0 Å². The molecule has 182 valence electrons. The average molecular weight is 491 g/mol. The Morgan fingerprint density at radius 1 is 1.26 bits per heavy atom. The number of ether oxygens (including phenoxy) is 3. The van der Waals surface area contributed by atoms with E-state index in [4.69, 9.17) is 4.74 Å². The first-order valence-corrected chi connectivity index (χ1v) is 9.65. The molecule has 0 bridgehead atoms. The Hall–Kier alpha value is -3.55. The van der Waals surface area contributed by atoms with E-state index >= 15 is 0 Å². The third-order valence-electron chi connectivity index (χ3n) is 5.18. The summed E-state index contributed by atoms with van der Waals surface area (Å²) in [6, 6.07) is 4.91. The van der Waals surface area contributed by atoms with Crippen molar-refractivity contribution in [3.63, 3.8) is 0 Å². The van der Waals surface area contributed by atoms with Gasteiger partial charge in [0.05, 0.1) is 13.1 Å². The fourth-order valence-corrected chi connectivity index (χ4v) is 3.56. The van der Waals surface area contributed by atoms with Crippen LogP contribution in [0.4, 0.5) is 31.1 Å². The number of nitrogens with zero attached hydrogens (tertiary/aromatic N) is 2. The molecule has 2 fully saturated rings. The van der Waals surface area contributed by atoms with Crippen molar-refractivity contribution in [3.05, 3.63) is 48.0 Å². The number of alkyl halides is 5.